The maximum atomic E-state index is 6.55. The quantitative estimate of drug-likeness (QED) is 0.168. The van der Waals surface area contributed by atoms with Crippen LogP contribution in [0.25, 0.3) is 21.9 Å². The van der Waals surface area contributed by atoms with E-state index in [4.69, 9.17) is 9.47 Å². The van der Waals surface area contributed by atoms with Crippen LogP contribution >= 0.6 is 15.9 Å². The Hall–Kier alpha value is -5.32. The van der Waals surface area contributed by atoms with Gasteiger partial charge in [0, 0.05) is 22.2 Å². The maximum Gasteiger partial charge on any atom is 0.145 e. The molecule has 0 saturated heterocycles. The molecular formula is C43H32BrNO2. The lowest BCUT2D eigenvalue weighted by Crippen LogP contribution is -2.17. The van der Waals surface area contributed by atoms with Crippen LogP contribution in [0.3, 0.4) is 0 Å². The highest BCUT2D eigenvalue weighted by Gasteiger charge is 2.38. The van der Waals surface area contributed by atoms with Crippen LogP contribution in [0.1, 0.15) is 25.0 Å². The number of hydrogen-bond donors (Lipinski definition) is 0. The van der Waals surface area contributed by atoms with E-state index in [1.54, 1.807) is 0 Å². The van der Waals surface area contributed by atoms with Crippen molar-refractivity contribution in [2.75, 3.05) is 4.90 Å². The van der Waals surface area contributed by atoms with Gasteiger partial charge in [-0.2, -0.15) is 0 Å². The van der Waals surface area contributed by atoms with Crippen molar-refractivity contribution in [1.29, 1.82) is 0 Å². The number of hydrogen-bond acceptors (Lipinski definition) is 3. The molecule has 0 spiro atoms. The van der Waals surface area contributed by atoms with Crippen LogP contribution < -0.4 is 14.4 Å². The highest BCUT2D eigenvalue weighted by atomic mass is 79.9. The zero-order valence-corrected chi connectivity index (χ0v) is 27.7. The van der Waals surface area contributed by atoms with Gasteiger partial charge in [0.25, 0.3) is 0 Å². The first kappa shape index (κ1) is 29.1. The van der Waals surface area contributed by atoms with Crippen molar-refractivity contribution in [2.24, 2.45) is 0 Å². The van der Waals surface area contributed by atoms with Crippen molar-refractivity contribution in [2.45, 2.75) is 19.3 Å². The van der Waals surface area contributed by atoms with E-state index in [1.165, 1.54) is 33.0 Å². The molecule has 8 rings (SSSR count). The Bertz CT molecular complexity index is 2190. The normalized spacial score (nSPS) is 12.7. The minimum absolute atomic E-state index is 0.217. The lowest BCUT2D eigenvalue weighted by Gasteiger charge is -2.29. The van der Waals surface area contributed by atoms with Crippen LogP contribution in [0.4, 0.5) is 17.1 Å². The average molecular weight is 675 g/mol. The Morgan fingerprint density at radius 2 is 1.06 bits per heavy atom. The van der Waals surface area contributed by atoms with E-state index in [1.807, 2.05) is 48.5 Å². The van der Waals surface area contributed by atoms with Gasteiger partial charge < -0.3 is 14.4 Å². The second-order valence-corrected chi connectivity index (χ2v) is 13.1. The van der Waals surface area contributed by atoms with Gasteiger partial charge in [-0.05, 0) is 110 Å². The second kappa shape index (κ2) is 11.8. The Morgan fingerprint density at radius 1 is 0.511 bits per heavy atom. The zero-order chi connectivity index (χ0) is 32.0. The largest absolute Gasteiger partial charge is 0.456 e. The summed E-state index contributed by atoms with van der Waals surface area (Å²) in [5.74, 6) is 2.93. The number of benzene rings is 7. The third-order valence-electron chi connectivity index (χ3n) is 9.03. The summed E-state index contributed by atoms with van der Waals surface area (Å²) in [6.45, 7) is 4.65. The monoisotopic (exact) mass is 673 g/mol. The molecule has 0 aromatic heterocycles. The molecule has 0 aliphatic heterocycles. The van der Waals surface area contributed by atoms with Gasteiger partial charge in [-0.25, -0.2) is 0 Å². The standard InChI is InChI=1S/C43H32BrNO2/c1-43(2)36-26-25-32(47-40-24-14-23-39(42(40)44)46-31-19-10-5-11-20-31)27-35(36)41-34-22-13-12-21-33(34)38(28-37(41)43)45(29-15-6-3-7-16-29)30-17-8-4-9-18-30/h3-28H,1-2H3. The fourth-order valence-corrected chi connectivity index (χ4v) is 7.21. The second-order valence-electron chi connectivity index (χ2n) is 12.3. The third kappa shape index (κ3) is 5.15. The smallest absolute Gasteiger partial charge is 0.145 e. The van der Waals surface area contributed by atoms with Gasteiger partial charge in [0.15, 0.2) is 0 Å². The molecule has 47 heavy (non-hydrogen) atoms. The Balaban J connectivity index is 1.25. The van der Waals surface area contributed by atoms with Crippen molar-refractivity contribution in [3.05, 3.63) is 173 Å². The van der Waals surface area contributed by atoms with Gasteiger partial charge >= 0.3 is 0 Å². The van der Waals surface area contributed by atoms with Crippen LogP contribution in [0.5, 0.6) is 23.0 Å². The first-order chi connectivity index (χ1) is 23.0. The fraction of sp³-hybridized carbons (Fsp3) is 0.0698. The number of ether oxygens (including phenoxy) is 2. The number of halogens is 1. The van der Waals surface area contributed by atoms with Gasteiger partial charge in [0.2, 0.25) is 0 Å². The summed E-state index contributed by atoms with van der Waals surface area (Å²) >= 11 is 3.74. The molecule has 0 unspecified atom stereocenters. The summed E-state index contributed by atoms with van der Waals surface area (Å²) in [6.07, 6.45) is 0. The van der Waals surface area contributed by atoms with Gasteiger partial charge in [-0.3, -0.25) is 0 Å². The number of nitrogens with zero attached hydrogens (tertiary/aromatic N) is 1. The summed E-state index contributed by atoms with van der Waals surface area (Å²) in [6, 6.07) is 54.5. The molecule has 228 valence electrons. The molecule has 3 nitrogen and oxygen atoms in total. The molecule has 7 aromatic rings. The molecule has 0 bridgehead atoms. The SMILES string of the molecule is CC1(C)c2ccc(Oc3cccc(Oc4ccccc4)c3Br)cc2-c2c1cc(N(c1ccccc1)c1ccccc1)c1ccccc21. The molecule has 4 heteroatoms. The van der Waals surface area contributed by atoms with Crippen molar-refractivity contribution < 1.29 is 9.47 Å². The number of anilines is 3. The first-order valence-corrected chi connectivity index (χ1v) is 16.6. The summed E-state index contributed by atoms with van der Waals surface area (Å²) < 4.78 is 13.5. The Labute approximate surface area is 283 Å². The van der Waals surface area contributed by atoms with E-state index in [0.717, 1.165) is 33.0 Å². The predicted octanol–water partition coefficient (Wildman–Crippen LogP) is 13.0. The van der Waals surface area contributed by atoms with Crippen LogP contribution in [0, 0.1) is 0 Å². The van der Waals surface area contributed by atoms with E-state index in [-0.39, 0.29) is 5.41 Å². The predicted molar refractivity (Wildman–Crippen MR) is 197 cm³/mol. The topological polar surface area (TPSA) is 21.7 Å². The Morgan fingerprint density at radius 3 is 1.70 bits per heavy atom. The molecule has 0 saturated carbocycles. The molecular weight excluding hydrogens is 642 g/mol. The summed E-state index contributed by atoms with van der Waals surface area (Å²) in [5.41, 5.74) is 8.23. The minimum atomic E-state index is -0.217. The average Bonchev–Trinajstić information content (AvgIpc) is 3.33. The number of rotatable bonds is 7. The molecule has 0 atom stereocenters. The van der Waals surface area contributed by atoms with Crippen molar-refractivity contribution in [3.63, 3.8) is 0 Å². The molecule has 0 N–H and O–H groups in total. The molecule has 1 aliphatic carbocycles. The van der Waals surface area contributed by atoms with E-state index in [9.17, 15) is 0 Å². The zero-order valence-electron chi connectivity index (χ0n) is 26.2. The van der Waals surface area contributed by atoms with Gasteiger partial charge in [0.1, 0.15) is 27.5 Å². The van der Waals surface area contributed by atoms with Crippen molar-refractivity contribution in [1.82, 2.24) is 0 Å². The minimum Gasteiger partial charge on any atom is -0.456 e. The van der Waals surface area contributed by atoms with Crippen LogP contribution in [0.2, 0.25) is 0 Å². The molecule has 0 radical (unpaired) electrons. The Kier molecular flexibility index (Phi) is 7.31. The van der Waals surface area contributed by atoms with Crippen LogP contribution in [0.15, 0.2) is 162 Å². The van der Waals surface area contributed by atoms with E-state index < -0.39 is 0 Å². The highest BCUT2D eigenvalue weighted by Crippen LogP contribution is 2.55. The summed E-state index contributed by atoms with van der Waals surface area (Å²) in [4.78, 5) is 2.37. The third-order valence-corrected chi connectivity index (χ3v) is 9.81. The molecule has 0 amide bonds. The molecule has 7 aromatic carbocycles. The lowest BCUT2D eigenvalue weighted by molar-refractivity contribution is 0.455. The van der Waals surface area contributed by atoms with E-state index in [0.29, 0.717) is 11.5 Å². The van der Waals surface area contributed by atoms with Gasteiger partial charge in [0.05, 0.1) is 5.69 Å². The molecule has 0 fully saturated rings. The lowest BCUT2D eigenvalue weighted by atomic mass is 9.81. The van der Waals surface area contributed by atoms with Crippen LogP contribution in [-0.2, 0) is 5.41 Å². The fourth-order valence-electron chi connectivity index (χ4n) is 6.78. The molecule has 0 heterocycles. The summed E-state index contributed by atoms with van der Waals surface area (Å²) in [7, 11) is 0. The number of fused-ring (bicyclic) bond motifs is 5. The highest BCUT2D eigenvalue weighted by molar-refractivity contribution is 9.10. The van der Waals surface area contributed by atoms with Crippen molar-refractivity contribution in [3.8, 4) is 34.1 Å². The van der Waals surface area contributed by atoms with Crippen LogP contribution in [-0.4, -0.2) is 0 Å². The number of para-hydroxylation sites is 3. The van der Waals surface area contributed by atoms with Gasteiger partial charge in [-0.15, -0.1) is 0 Å². The van der Waals surface area contributed by atoms with E-state index >= 15 is 0 Å². The van der Waals surface area contributed by atoms with Gasteiger partial charge in [-0.1, -0.05) is 105 Å². The maximum absolute atomic E-state index is 6.55. The molecule has 1 aliphatic rings. The first-order valence-electron chi connectivity index (χ1n) is 15.8. The van der Waals surface area contributed by atoms with Crippen molar-refractivity contribution >= 4 is 43.8 Å². The van der Waals surface area contributed by atoms with E-state index in [2.05, 4.69) is 144 Å². The summed E-state index contributed by atoms with van der Waals surface area (Å²) in [5, 5.41) is 2.42.